The number of carbonyl (C=O) groups excluding carboxylic acids is 5. The van der Waals surface area contributed by atoms with Gasteiger partial charge in [-0.25, -0.2) is 4.79 Å². The second-order valence-corrected chi connectivity index (χ2v) is 14.4. The number of nitrogens with one attached hydrogen (secondary N) is 9. The SMILES string of the molecule is CCCC[C@H](NC(=O)c1ccccc1)C(=O)N[C@@H](CCCCN)C(=O)N[C@@H](CCCNC(=N)N)C(=O)N[C@@H](CCCNC(=N)N)C(=O)Nc1ccc2c(C)cc(=O)oc2c1. The number of rotatable bonds is 25. The van der Waals surface area contributed by atoms with E-state index in [1.807, 2.05) is 6.92 Å². The molecule has 326 valence electrons. The number of amides is 5. The van der Waals surface area contributed by atoms with Crippen LogP contribution in [0.1, 0.15) is 87.1 Å². The van der Waals surface area contributed by atoms with Crippen molar-refractivity contribution in [2.24, 2.45) is 17.2 Å². The number of fused-ring (bicyclic) bond motifs is 1. The van der Waals surface area contributed by atoms with Crippen LogP contribution in [0.3, 0.4) is 0 Å². The molecule has 3 aromatic rings. The predicted molar refractivity (Wildman–Crippen MR) is 230 cm³/mol. The summed E-state index contributed by atoms with van der Waals surface area (Å²) in [4.78, 5) is 80.8. The van der Waals surface area contributed by atoms with Crippen molar-refractivity contribution in [3.63, 3.8) is 0 Å². The van der Waals surface area contributed by atoms with E-state index in [4.69, 9.17) is 32.4 Å². The fourth-order valence-electron chi connectivity index (χ4n) is 6.31. The van der Waals surface area contributed by atoms with E-state index in [-0.39, 0.29) is 56.3 Å². The van der Waals surface area contributed by atoms with Gasteiger partial charge in [-0.05, 0) is 94.7 Å². The third-order valence-electron chi connectivity index (χ3n) is 9.54. The van der Waals surface area contributed by atoms with Gasteiger partial charge in [0.05, 0.1) is 0 Å². The zero-order valence-electron chi connectivity index (χ0n) is 34.3. The molecule has 4 atom stereocenters. The average molecular weight is 833 g/mol. The van der Waals surface area contributed by atoms with E-state index in [9.17, 15) is 28.8 Å². The molecule has 5 amide bonds. The molecule has 60 heavy (non-hydrogen) atoms. The maximum absolute atomic E-state index is 14.1. The van der Waals surface area contributed by atoms with Crippen molar-refractivity contribution < 1.29 is 28.4 Å². The van der Waals surface area contributed by atoms with Gasteiger partial charge < -0.3 is 58.8 Å². The van der Waals surface area contributed by atoms with Crippen molar-refractivity contribution >= 4 is 58.1 Å². The van der Waals surface area contributed by atoms with Gasteiger partial charge in [0.1, 0.15) is 29.8 Å². The summed E-state index contributed by atoms with van der Waals surface area (Å²) in [6.07, 6.45) is 3.64. The van der Waals surface area contributed by atoms with Gasteiger partial charge in [0.15, 0.2) is 11.9 Å². The van der Waals surface area contributed by atoms with E-state index in [0.717, 1.165) is 6.42 Å². The lowest BCUT2D eigenvalue weighted by atomic mass is 10.0. The second kappa shape index (κ2) is 25.1. The van der Waals surface area contributed by atoms with Crippen LogP contribution in [0.25, 0.3) is 11.0 Å². The minimum Gasteiger partial charge on any atom is -0.423 e. The van der Waals surface area contributed by atoms with Crippen LogP contribution >= 0.6 is 0 Å². The molecule has 19 heteroatoms. The highest BCUT2D eigenvalue weighted by atomic mass is 16.4. The maximum Gasteiger partial charge on any atom is 0.336 e. The second-order valence-electron chi connectivity index (χ2n) is 14.4. The van der Waals surface area contributed by atoms with Gasteiger partial charge in [-0.2, -0.15) is 0 Å². The van der Waals surface area contributed by atoms with Crippen molar-refractivity contribution in [3.05, 3.63) is 76.1 Å². The first-order valence-corrected chi connectivity index (χ1v) is 20.2. The summed E-state index contributed by atoms with van der Waals surface area (Å²) in [5, 5.41) is 34.9. The molecule has 0 fully saturated rings. The van der Waals surface area contributed by atoms with E-state index >= 15 is 0 Å². The van der Waals surface area contributed by atoms with E-state index in [0.29, 0.717) is 60.8 Å². The molecular weight excluding hydrogens is 773 g/mol. The van der Waals surface area contributed by atoms with E-state index in [1.165, 1.54) is 12.1 Å². The number of nitrogens with two attached hydrogens (primary N) is 3. The Morgan fingerprint density at radius 2 is 1.18 bits per heavy atom. The van der Waals surface area contributed by atoms with E-state index in [2.05, 4.69) is 37.2 Å². The van der Waals surface area contributed by atoms with E-state index in [1.54, 1.807) is 49.4 Å². The van der Waals surface area contributed by atoms with Crippen molar-refractivity contribution in [1.29, 1.82) is 10.8 Å². The topological polar surface area (TPSA) is 326 Å². The Bertz CT molecular complexity index is 1990. The van der Waals surface area contributed by atoms with Crippen molar-refractivity contribution in [2.75, 3.05) is 25.0 Å². The Morgan fingerprint density at radius 1 is 0.667 bits per heavy atom. The van der Waals surface area contributed by atoms with Crippen LogP contribution in [0.2, 0.25) is 0 Å². The van der Waals surface area contributed by atoms with Gasteiger partial charge in [-0.15, -0.1) is 0 Å². The lowest BCUT2D eigenvalue weighted by Gasteiger charge is -2.27. The van der Waals surface area contributed by atoms with Crippen LogP contribution in [0.5, 0.6) is 0 Å². The smallest absolute Gasteiger partial charge is 0.336 e. The highest BCUT2D eigenvalue weighted by Crippen LogP contribution is 2.21. The molecule has 2 aromatic carbocycles. The Balaban J connectivity index is 1.86. The van der Waals surface area contributed by atoms with Crippen LogP contribution in [-0.4, -0.2) is 85.3 Å². The summed E-state index contributed by atoms with van der Waals surface area (Å²) < 4.78 is 5.33. The molecule has 0 spiro atoms. The highest BCUT2D eigenvalue weighted by molar-refractivity contribution is 6.01. The van der Waals surface area contributed by atoms with Crippen LogP contribution in [0.15, 0.2) is 63.8 Å². The molecule has 0 bridgehead atoms. The summed E-state index contributed by atoms with van der Waals surface area (Å²) >= 11 is 0. The van der Waals surface area contributed by atoms with Gasteiger partial charge in [0, 0.05) is 41.9 Å². The molecule has 0 radical (unpaired) electrons. The number of carbonyl (C=O) groups is 5. The fourth-order valence-corrected chi connectivity index (χ4v) is 6.31. The largest absolute Gasteiger partial charge is 0.423 e. The molecule has 19 nitrogen and oxygen atoms in total. The van der Waals surface area contributed by atoms with Crippen LogP contribution in [0.4, 0.5) is 5.69 Å². The quantitative estimate of drug-likeness (QED) is 0.0248. The molecule has 3 rings (SSSR count). The number of hydrogen-bond acceptors (Lipinski definition) is 10. The minimum absolute atomic E-state index is 0.0524. The zero-order chi connectivity index (χ0) is 44.0. The standard InChI is InChI=1S/C41H60N12O7/c1-3-4-14-29(50-35(55)26-12-6-5-7-13-26)37(57)51-30(15-8-9-20-42)38(58)53-32(17-11-22-48-41(45)46)39(59)52-31(16-10-21-47-40(43)44)36(56)49-27-18-19-28-25(2)23-34(54)60-33(28)24-27/h5-7,12-13,18-19,23-24,29-32H,3-4,8-11,14-17,20-22,42H2,1-2H3,(H,49,56)(H,50,55)(H,51,57)(H,52,59)(H,53,58)(H4,43,44,47)(H4,45,46,48)/t29-,30-,31-,32-/m0/s1. The lowest BCUT2D eigenvalue weighted by Crippen LogP contribution is -2.58. The highest BCUT2D eigenvalue weighted by Gasteiger charge is 2.31. The van der Waals surface area contributed by atoms with Crippen LogP contribution in [0, 0.1) is 17.7 Å². The van der Waals surface area contributed by atoms with Crippen LogP contribution in [-0.2, 0) is 19.2 Å². The van der Waals surface area contributed by atoms with Gasteiger partial charge in [-0.3, -0.25) is 34.8 Å². The summed E-state index contributed by atoms with van der Waals surface area (Å²) in [7, 11) is 0. The number of anilines is 1. The number of hydrogen-bond donors (Lipinski definition) is 12. The number of aryl methyl sites for hydroxylation is 1. The average Bonchev–Trinajstić information content (AvgIpc) is 3.20. The molecule has 0 aliphatic heterocycles. The van der Waals surface area contributed by atoms with Crippen molar-refractivity contribution in [1.82, 2.24) is 31.9 Å². The first-order valence-electron chi connectivity index (χ1n) is 20.2. The van der Waals surface area contributed by atoms with E-state index < -0.39 is 59.3 Å². The summed E-state index contributed by atoms with van der Waals surface area (Å²) in [5.74, 6) is -3.52. The third-order valence-corrected chi connectivity index (χ3v) is 9.54. The minimum atomic E-state index is -1.21. The summed E-state index contributed by atoms with van der Waals surface area (Å²) in [6.45, 7) is 4.49. The molecule has 0 unspecified atom stereocenters. The van der Waals surface area contributed by atoms with Gasteiger partial charge in [0.25, 0.3) is 5.91 Å². The number of benzene rings is 2. The zero-order valence-corrected chi connectivity index (χ0v) is 34.3. The Labute approximate surface area is 349 Å². The Morgan fingerprint density at radius 3 is 1.72 bits per heavy atom. The third kappa shape index (κ3) is 16.4. The molecule has 0 aliphatic carbocycles. The maximum atomic E-state index is 14.1. The molecule has 0 aliphatic rings. The molecule has 0 saturated carbocycles. The predicted octanol–water partition coefficient (Wildman–Crippen LogP) is 1.14. The molecule has 1 heterocycles. The molecule has 0 saturated heterocycles. The van der Waals surface area contributed by atoms with Crippen molar-refractivity contribution in [3.8, 4) is 0 Å². The first kappa shape index (κ1) is 47.9. The van der Waals surface area contributed by atoms with Gasteiger partial charge in [0.2, 0.25) is 23.6 Å². The van der Waals surface area contributed by atoms with Crippen molar-refractivity contribution in [2.45, 2.75) is 102 Å². The molecular formula is C41H60N12O7. The Kier molecular flexibility index (Phi) is 20.0. The number of unbranched alkanes of at least 4 members (excludes halogenated alkanes) is 2. The molecule has 15 N–H and O–H groups in total. The van der Waals surface area contributed by atoms with Gasteiger partial charge in [-0.1, -0.05) is 38.0 Å². The summed E-state index contributed by atoms with van der Waals surface area (Å²) in [6, 6.07) is 10.2. The van der Waals surface area contributed by atoms with Crippen LogP contribution < -0.4 is 60.0 Å². The molecule has 1 aromatic heterocycles. The lowest BCUT2D eigenvalue weighted by molar-refractivity contribution is -0.133. The Hall–Kier alpha value is -6.50. The summed E-state index contributed by atoms with van der Waals surface area (Å²) in [5.41, 5.74) is 17.7. The fraction of sp³-hybridized carbons (Fsp3) is 0.463. The van der Waals surface area contributed by atoms with Gasteiger partial charge >= 0.3 is 5.63 Å². The normalized spacial score (nSPS) is 12.8. The number of guanidine groups is 2. The first-order chi connectivity index (χ1) is 28.7. The monoisotopic (exact) mass is 832 g/mol.